The minimum atomic E-state index is -4.45. The van der Waals surface area contributed by atoms with Crippen molar-refractivity contribution < 1.29 is 13.2 Å². The van der Waals surface area contributed by atoms with E-state index in [-0.39, 0.29) is 11.6 Å². The zero-order valence-corrected chi connectivity index (χ0v) is 12.4. The van der Waals surface area contributed by atoms with Crippen molar-refractivity contribution in [1.29, 1.82) is 0 Å². The highest BCUT2D eigenvalue weighted by Gasteiger charge is 2.31. The van der Waals surface area contributed by atoms with Crippen molar-refractivity contribution in [3.05, 3.63) is 38.5 Å². The second kappa shape index (κ2) is 5.98. The van der Waals surface area contributed by atoms with Crippen molar-refractivity contribution in [2.75, 3.05) is 10.7 Å². The van der Waals surface area contributed by atoms with Crippen LogP contribution in [0.5, 0.6) is 0 Å². The average Bonchev–Trinajstić information content (AvgIpc) is 2.81. The number of hydrogen-bond acceptors (Lipinski definition) is 5. The molecule has 108 valence electrons. The number of nitrogens with one attached hydrogen (secondary N) is 2. The lowest BCUT2D eigenvalue weighted by Gasteiger charge is -2.12. The number of halogens is 4. The molecule has 0 radical (unpaired) electrons. The van der Waals surface area contributed by atoms with Crippen LogP contribution >= 0.6 is 27.3 Å². The minimum Gasteiger partial charge on any atom is -0.365 e. The van der Waals surface area contributed by atoms with Gasteiger partial charge in [0.2, 0.25) is 0 Å². The van der Waals surface area contributed by atoms with E-state index in [1.165, 1.54) is 11.3 Å². The Morgan fingerprint density at radius 1 is 1.25 bits per heavy atom. The van der Waals surface area contributed by atoms with E-state index in [9.17, 15) is 13.2 Å². The number of nitrogens with two attached hydrogens (primary N) is 1. The van der Waals surface area contributed by atoms with Crippen molar-refractivity contribution in [2.45, 2.75) is 12.7 Å². The summed E-state index contributed by atoms with van der Waals surface area (Å²) < 4.78 is 39.1. The van der Waals surface area contributed by atoms with Crippen LogP contribution in [0.15, 0.2) is 28.1 Å². The molecule has 0 saturated carbocycles. The van der Waals surface area contributed by atoms with Crippen LogP contribution in [0, 0.1) is 0 Å². The lowest BCUT2D eigenvalue weighted by molar-refractivity contribution is -0.137. The van der Waals surface area contributed by atoms with E-state index in [4.69, 9.17) is 5.84 Å². The molecule has 0 aromatic carbocycles. The van der Waals surface area contributed by atoms with E-state index in [2.05, 4.69) is 31.7 Å². The third-order valence-electron chi connectivity index (χ3n) is 2.37. The number of rotatable bonds is 4. The first-order valence-electron chi connectivity index (χ1n) is 5.41. The van der Waals surface area contributed by atoms with Crippen molar-refractivity contribution >= 4 is 38.9 Å². The molecule has 4 N–H and O–H groups in total. The summed E-state index contributed by atoms with van der Waals surface area (Å²) in [4.78, 5) is 4.90. The molecule has 0 bridgehead atoms. The van der Waals surface area contributed by atoms with E-state index < -0.39 is 11.7 Å². The lowest BCUT2D eigenvalue weighted by Crippen LogP contribution is -2.13. The summed E-state index contributed by atoms with van der Waals surface area (Å²) in [7, 11) is 0. The van der Waals surface area contributed by atoms with Gasteiger partial charge in [-0.15, -0.1) is 11.3 Å². The van der Waals surface area contributed by atoms with Crippen LogP contribution in [-0.4, -0.2) is 4.98 Å². The first-order chi connectivity index (χ1) is 9.38. The molecule has 9 heteroatoms. The van der Waals surface area contributed by atoms with E-state index in [0.29, 0.717) is 6.54 Å². The number of hydrazine groups is 1. The maximum Gasteiger partial charge on any atom is 0.416 e. The molecule has 2 heterocycles. The molecule has 4 nitrogen and oxygen atoms in total. The van der Waals surface area contributed by atoms with Crippen LogP contribution in [0.2, 0.25) is 0 Å². The zero-order valence-electron chi connectivity index (χ0n) is 9.96. The van der Waals surface area contributed by atoms with Gasteiger partial charge in [0.25, 0.3) is 0 Å². The second-order valence-electron chi connectivity index (χ2n) is 3.85. The Labute approximate surface area is 125 Å². The molecule has 0 fully saturated rings. The third-order valence-corrected chi connectivity index (χ3v) is 4.06. The molecule has 2 aromatic rings. The van der Waals surface area contributed by atoms with Crippen LogP contribution in [0.4, 0.5) is 24.8 Å². The third kappa shape index (κ3) is 3.84. The van der Waals surface area contributed by atoms with Gasteiger partial charge in [-0.05, 0) is 34.1 Å². The largest absolute Gasteiger partial charge is 0.416 e. The summed E-state index contributed by atoms with van der Waals surface area (Å²) in [6.45, 7) is 0.384. The molecule has 0 aliphatic rings. The molecule has 20 heavy (non-hydrogen) atoms. The number of nitrogens with zero attached hydrogens (tertiary/aromatic N) is 1. The van der Waals surface area contributed by atoms with Gasteiger partial charge >= 0.3 is 6.18 Å². The van der Waals surface area contributed by atoms with Gasteiger partial charge in [0, 0.05) is 14.7 Å². The number of thiophene rings is 1. The molecule has 0 saturated heterocycles. The second-order valence-corrected chi connectivity index (χ2v) is 5.76. The van der Waals surface area contributed by atoms with Crippen LogP contribution in [0.1, 0.15) is 10.4 Å². The zero-order chi connectivity index (χ0) is 14.8. The van der Waals surface area contributed by atoms with Gasteiger partial charge in [-0.3, -0.25) is 0 Å². The number of nitrogen functional groups attached to an aromatic ring is 1. The molecule has 0 spiro atoms. The Balaban J connectivity index is 2.18. The van der Waals surface area contributed by atoms with Crippen molar-refractivity contribution in [3.63, 3.8) is 0 Å². The summed E-state index contributed by atoms with van der Waals surface area (Å²) in [5.74, 6) is 5.19. The fourth-order valence-corrected chi connectivity index (χ4v) is 2.87. The SMILES string of the molecule is NNc1cc(C(F)(F)F)cc(NCc2cc(Br)cs2)n1. The normalized spacial score (nSPS) is 11.4. The molecule has 0 aliphatic heterocycles. The molecular formula is C11H10BrF3N4S. The standard InChI is InChI=1S/C11H10BrF3N4S/c12-7-3-8(20-5-7)4-17-9-1-6(11(13,14)15)2-10(18-9)19-16/h1-3,5H,4,16H2,(H2,17,18,19). The van der Waals surface area contributed by atoms with Gasteiger partial charge in [0.05, 0.1) is 12.1 Å². The van der Waals surface area contributed by atoms with Gasteiger partial charge in [-0.2, -0.15) is 13.2 Å². The maximum absolute atomic E-state index is 12.7. The highest BCUT2D eigenvalue weighted by Crippen LogP contribution is 2.32. The molecule has 2 rings (SSSR count). The predicted octanol–water partition coefficient (Wildman–Crippen LogP) is 3.82. The van der Waals surface area contributed by atoms with Gasteiger partial charge in [-0.25, -0.2) is 10.8 Å². The van der Waals surface area contributed by atoms with Crippen LogP contribution < -0.4 is 16.6 Å². The Bertz CT molecular complexity index is 600. The van der Waals surface area contributed by atoms with E-state index >= 15 is 0 Å². The van der Waals surface area contributed by atoms with Crippen molar-refractivity contribution in [3.8, 4) is 0 Å². The number of anilines is 2. The lowest BCUT2D eigenvalue weighted by atomic mass is 10.2. The monoisotopic (exact) mass is 366 g/mol. The molecule has 0 amide bonds. The summed E-state index contributed by atoms with van der Waals surface area (Å²) in [6.07, 6.45) is -4.45. The Morgan fingerprint density at radius 3 is 2.50 bits per heavy atom. The highest BCUT2D eigenvalue weighted by atomic mass is 79.9. The van der Waals surface area contributed by atoms with E-state index in [0.717, 1.165) is 21.5 Å². The van der Waals surface area contributed by atoms with Crippen molar-refractivity contribution in [2.24, 2.45) is 5.84 Å². The van der Waals surface area contributed by atoms with E-state index in [1.807, 2.05) is 11.4 Å². The molecule has 0 aliphatic carbocycles. The maximum atomic E-state index is 12.7. The fraction of sp³-hybridized carbons (Fsp3) is 0.182. The predicted molar refractivity (Wildman–Crippen MR) is 76.4 cm³/mol. The topological polar surface area (TPSA) is 63.0 Å². The quantitative estimate of drug-likeness (QED) is 0.568. The van der Waals surface area contributed by atoms with Crippen LogP contribution in [-0.2, 0) is 12.7 Å². The summed E-state index contributed by atoms with van der Waals surface area (Å²) in [5.41, 5.74) is 1.32. The fourth-order valence-electron chi connectivity index (χ4n) is 1.48. The summed E-state index contributed by atoms with van der Waals surface area (Å²) in [6, 6.07) is 3.68. The van der Waals surface area contributed by atoms with Gasteiger partial charge in [0.1, 0.15) is 11.6 Å². The van der Waals surface area contributed by atoms with Crippen molar-refractivity contribution in [1.82, 2.24) is 4.98 Å². The number of pyridine rings is 1. The molecular weight excluding hydrogens is 357 g/mol. The van der Waals surface area contributed by atoms with Gasteiger partial charge < -0.3 is 10.7 Å². The Hall–Kier alpha value is -1.32. The molecule has 0 unspecified atom stereocenters. The van der Waals surface area contributed by atoms with Crippen LogP contribution in [0.25, 0.3) is 0 Å². The highest BCUT2D eigenvalue weighted by molar-refractivity contribution is 9.10. The number of alkyl halides is 3. The first-order valence-corrected chi connectivity index (χ1v) is 7.08. The Kier molecular flexibility index (Phi) is 4.51. The van der Waals surface area contributed by atoms with E-state index in [1.54, 1.807) is 0 Å². The summed E-state index contributed by atoms with van der Waals surface area (Å²) >= 11 is 4.80. The molecule has 2 aromatic heterocycles. The van der Waals surface area contributed by atoms with Gasteiger partial charge in [-0.1, -0.05) is 0 Å². The van der Waals surface area contributed by atoms with Gasteiger partial charge in [0.15, 0.2) is 0 Å². The molecule has 0 atom stereocenters. The summed E-state index contributed by atoms with van der Waals surface area (Å²) in [5, 5.41) is 4.74. The number of hydrogen-bond donors (Lipinski definition) is 3. The first kappa shape index (κ1) is 15.1. The Morgan fingerprint density at radius 2 is 1.95 bits per heavy atom. The average molecular weight is 367 g/mol. The number of aromatic nitrogens is 1. The van der Waals surface area contributed by atoms with Crippen LogP contribution in [0.3, 0.4) is 0 Å². The minimum absolute atomic E-state index is 0.0466. The smallest absolute Gasteiger partial charge is 0.365 e.